The Morgan fingerprint density at radius 3 is 2.37 bits per heavy atom. The van der Waals surface area contributed by atoms with Crippen molar-refractivity contribution in [3.8, 4) is 0 Å². The van der Waals surface area contributed by atoms with Crippen LogP contribution in [0.2, 0.25) is 0 Å². The van der Waals surface area contributed by atoms with E-state index in [0.29, 0.717) is 30.0 Å². The number of fused-ring (bicyclic) bond motifs is 1. The number of hydrogen-bond acceptors (Lipinski definition) is 4. The van der Waals surface area contributed by atoms with E-state index in [-0.39, 0.29) is 16.7 Å². The highest BCUT2D eigenvalue weighted by molar-refractivity contribution is 9.10. The summed E-state index contributed by atoms with van der Waals surface area (Å²) < 4.78 is 28.9. The molecule has 0 aromatic heterocycles. The lowest BCUT2D eigenvalue weighted by atomic mass is 10.1. The Balaban J connectivity index is 1.95. The van der Waals surface area contributed by atoms with Crippen molar-refractivity contribution in [2.45, 2.75) is 25.2 Å². The van der Waals surface area contributed by atoms with E-state index in [1.165, 1.54) is 38.1 Å². The predicted molar refractivity (Wildman–Crippen MR) is 107 cm³/mol. The Hall–Kier alpha value is -2.39. The maximum Gasteiger partial charge on any atom is 0.261 e. The van der Waals surface area contributed by atoms with Gasteiger partial charge in [0.25, 0.3) is 10.0 Å². The summed E-state index contributed by atoms with van der Waals surface area (Å²) >= 11 is 3.39. The van der Waals surface area contributed by atoms with E-state index in [4.69, 9.17) is 0 Å². The standard InChI is InChI=1S/C18H18BrN3O4S/c1-11(23)20-15-3-5-16(6-4-15)27(25,26)21-17-10-14(19)9-13-7-8-22(12(2)24)18(13)17/h3-6,9-10,21H,7-8H2,1-2H3,(H,20,23). The molecule has 142 valence electrons. The quantitative estimate of drug-likeness (QED) is 0.745. The Kier molecular flexibility index (Phi) is 5.25. The van der Waals surface area contributed by atoms with E-state index in [1.807, 2.05) is 6.07 Å². The first-order valence-corrected chi connectivity index (χ1v) is 10.5. The van der Waals surface area contributed by atoms with Crippen LogP contribution in [0.15, 0.2) is 45.8 Å². The third kappa shape index (κ3) is 4.14. The number of sulfonamides is 1. The molecule has 0 unspecified atom stereocenters. The number of carbonyl (C=O) groups excluding carboxylic acids is 2. The van der Waals surface area contributed by atoms with Gasteiger partial charge in [0.1, 0.15) is 0 Å². The van der Waals surface area contributed by atoms with E-state index in [0.717, 1.165) is 10.0 Å². The van der Waals surface area contributed by atoms with Gasteiger partial charge in [-0.25, -0.2) is 8.42 Å². The minimum absolute atomic E-state index is 0.0534. The van der Waals surface area contributed by atoms with E-state index >= 15 is 0 Å². The number of anilines is 3. The highest BCUT2D eigenvalue weighted by atomic mass is 79.9. The molecular weight excluding hydrogens is 434 g/mol. The van der Waals surface area contributed by atoms with Crippen LogP contribution in [0.1, 0.15) is 19.4 Å². The molecule has 0 fully saturated rings. The predicted octanol–water partition coefficient (Wildman–Crippen LogP) is 3.12. The molecule has 2 aromatic carbocycles. The normalized spacial score (nSPS) is 13.2. The van der Waals surface area contributed by atoms with Gasteiger partial charge < -0.3 is 10.2 Å². The molecule has 1 heterocycles. The summed E-state index contributed by atoms with van der Waals surface area (Å²) in [6.07, 6.45) is 0.661. The number of benzene rings is 2. The van der Waals surface area contributed by atoms with Gasteiger partial charge in [-0.3, -0.25) is 14.3 Å². The van der Waals surface area contributed by atoms with Crippen molar-refractivity contribution in [3.05, 3.63) is 46.4 Å². The fraction of sp³-hybridized carbons (Fsp3) is 0.222. The second-order valence-corrected chi connectivity index (χ2v) is 8.79. The summed E-state index contributed by atoms with van der Waals surface area (Å²) in [6.45, 7) is 3.35. The van der Waals surface area contributed by atoms with Crippen LogP contribution in [0.3, 0.4) is 0 Å². The van der Waals surface area contributed by atoms with Crippen molar-refractivity contribution in [1.29, 1.82) is 0 Å². The van der Waals surface area contributed by atoms with Crippen LogP contribution in [-0.4, -0.2) is 26.8 Å². The average Bonchev–Trinajstić information content (AvgIpc) is 2.98. The van der Waals surface area contributed by atoms with E-state index in [1.54, 1.807) is 11.0 Å². The molecule has 2 aromatic rings. The van der Waals surface area contributed by atoms with Crippen LogP contribution >= 0.6 is 15.9 Å². The monoisotopic (exact) mass is 451 g/mol. The number of amides is 2. The van der Waals surface area contributed by atoms with Gasteiger partial charge in [0.05, 0.1) is 16.3 Å². The molecule has 0 aliphatic carbocycles. The molecule has 7 nitrogen and oxygen atoms in total. The van der Waals surface area contributed by atoms with Crippen molar-refractivity contribution in [2.24, 2.45) is 0 Å². The lowest BCUT2D eigenvalue weighted by molar-refractivity contribution is -0.116. The molecule has 1 aliphatic heterocycles. The van der Waals surface area contributed by atoms with Gasteiger partial charge in [0.2, 0.25) is 11.8 Å². The summed E-state index contributed by atoms with van der Waals surface area (Å²) in [5, 5.41) is 2.59. The largest absolute Gasteiger partial charge is 0.326 e. The third-order valence-corrected chi connectivity index (χ3v) is 5.98. The Bertz CT molecular complexity index is 1020. The molecule has 2 N–H and O–H groups in total. The number of carbonyl (C=O) groups is 2. The molecule has 2 amide bonds. The highest BCUT2D eigenvalue weighted by Gasteiger charge is 2.28. The van der Waals surface area contributed by atoms with Crippen molar-refractivity contribution in [2.75, 3.05) is 21.5 Å². The molecule has 0 saturated carbocycles. The van der Waals surface area contributed by atoms with Gasteiger partial charge in [-0.2, -0.15) is 0 Å². The SMILES string of the molecule is CC(=O)Nc1ccc(S(=O)(=O)Nc2cc(Br)cc3c2N(C(C)=O)CC3)cc1. The maximum atomic E-state index is 12.8. The van der Waals surface area contributed by atoms with Crippen LogP contribution in [0.4, 0.5) is 17.1 Å². The second-order valence-electron chi connectivity index (χ2n) is 6.19. The average molecular weight is 452 g/mol. The van der Waals surface area contributed by atoms with Gasteiger partial charge in [0, 0.05) is 30.6 Å². The number of nitrogens with one attached hydrogen (secondary N) is 2. The third-order valence-electron chi connectivity index (χ3n) is 4.14. The van der Waals surface area contributed by atoms with E-state index < -0.39 is 10.0 Å². The van der Waals surface area contributed by atoms with Crippen LogP contribution in [-0.2, 0) is 26.0 Å². The molecule has 0 saturated heterocycles. The molecule has 3 rings (SSSR count). The summed E-state index contributed by atoms with van der Waals surface area (Å²) in [5.41, 5.74) is 2.34. The second kappa shape index (κ2) is 7.32. The number of nitrogens with zero attached hydrogens (tertiary/aromatic N) is 1. The van der Waals surface area contributed by atoms with Gasteiger partial charge in [-0.1, -0.05) is 15.9 Å². The first-order valence-electron chi connectivity index (χ1n) is 8.18. The molecule has 27 heavy (non-hydrogen) atoms. The number of halogens is 1. The molecule has 9 heteroatoms. The minimum atomic E-state index is -3.87. The summed E-state index contributed by atoms with van der Waals surface area (Å²) in [6, 6.07) is 9.39. The molecule has 0 radical (unpaired) electrons. The fourth-order valence-corrected chi connectivity index (χ4v) is 4.59. The van der Waals surface area contributed by atoms with Gasteiger partial charge in [-0.05, 0) is 48.4 Å². The Morgan fingerprint density at radius 1 is 1.11 bits per heavy atom. The summed E-state index contributed by atoms with van der Waals surface area (Å²) in [5.74, 6) is -0.381. The maximum absolute atomic E-state index is 12.8. The number of hydrogen-bond donors (Lipinski definition) is 2. The smallest absolute Gasteiger partial charge is 0.261 e. The van der Waals surface area contributed by atoms with Crippen molar-refractivity contribution in [3.63, 3.8) is 0 Å². The lowest BCUT2D eigenvalue weighted by Crippen LogP contribution is -2.27. The van der Waals surface area contributed by atoms with Crippen molar-refractivity contribution < 1.29 is 18.0 Å². The highest BCUT2D eigenvalue weighted by Crippen LogP contribution is 2.39. The van der Waals surface area contributed by atoms with Crippen molar-refractivity contribution in [1.82, 2.24) is 0 Å². The van der Waals surface area contributed by atoms with Crippen LogP contribution in [0, 0.1) is 0 Å². The Morgan fingerprint density at radius 2 is 1.78 bits per heavy atom. The zero-order valence-electron chi connectivity index (χ0n) is 14.7. The lowest BCUT2D eigenvalue weighted by Gasteiger charge is -2.20. The number of rotatable bonds is 4. The van der Waals surface area contributed by atoms with Crippen molar-refractivity contribution >= 4 is 54.8 Å². The molecular formula is C18H18BrN3O4S. The first-order chi connectivity index (χ1) is 12.7. The topological polar surface area (TPSA) is 95.6 Å². The summed E-state index contributed by atoms with van der Waals surface area (Å²) in [4.78, 5) is 24.6. The van der Waals surface area contributed by atoms with Gasteiger partial charge in [-0.15, -0.1) is 0 Å². The van der Waals surface area contributed by atoms with Crippen LogP contribution in [0.5, 0.6) is 0 Å². The minimum Gasteiger partial charge on any atom is -0.326 e. The molecule has 0 bridgehead atoms. The molecule has 0 atom stereocenters. The zero-order valence-corrected chi connectivity index (χ0v) is 17.1. The van der Waals surface area contributed by atoms with E-state index in [2.05, 4.69) is 26.0 Å². The van der Waals surface area contributed by atoms with Crippen LogP contribution < -0.4 is 14.9 Å². The summed E-state index contributed by atoms with van der Waals surface area (Å²) in [7, 11) is -3.87. The first kappa shape index (κ1) is 19.4. The van der Waals surface area contributed by atoms with Gasteiger partial charge >= 0.3 is 0 Å². The Labute approximate surface area is 165 Å². The van der Waals surface area contributed by atoms with E-state index in [9.17, 15) is 18.0 Å². The zero-order chi connectivity index (χ0) is 19.8. The fourth-order valence-electron chi connectivity index (χ4n) is 3.03. The molecule has 0 spiro atoms. The van der Waals surface area contributed by atoms with Crippen LogP contribution in [0.25, 0.3) is 0 Å². The van der Waals surface area contributed by atoms with Gasteiger partial charge in [0.15, 0.2) is 0 Å². The molecule has 1 aliphatic rings.